The minimum Gasteiger partial charge on any atom is -0.497 e. The van der Waals surface area contributed by atoms with Crippen molar-refractivity contribution >= 4 is 33.9 Å². The van der Waals surface area contributed by atoms with Crippen molar-refractivity contribution < 1.29 is 4.74 Å². The number of ether oxygens (including phenoxy) is 1. The van der Waals surface area contributed by atoms with Crippen LogP contribution in [0.1, 0.15) is 11.1 Å². The second kappa shape index (κ2) is 8.01. The van der Waals surface area contributed by atoms with Crippen molar-refractivity contribution in [3.8, 4) is 5.75 Å². The predicted molar refractivity (Wildman–Crippen MR) is 110 cm³/mol. The maximum atomic E-state index is 12.3. The third-order valence-electron chi connectivity index (χ3n) is 4.20. The Morgan fingerprint density at radius 3 is 2.77 bits per heavy atom. The summed E-state index contributed by atoms with van der Waals surface area (Å²) in [6.45, 7) is 2.59. The van der Waals surface area contributed by atoms with Gasteiger partial charge in [-0.25, -0.2) is 0 Å². The molecule has 0 aliphatic heterocycles. The van der Waals surface area contributed by atoms with Crippen LogP contribution in [0.15, 0.2) is 53.3 Å². The number of hydrogen-bond donors (Lipinski definition) is 3. The van der Waals surface area contributed by atoms with Crippen molar-refractivity contribution in [1.29, 1.82) is 0 Å². The van der Waals surface area contributed by atoms with Crippen LogP contribution in [0.5, 0.6) is 5.75 Å². The van der Waals surface area contributed by atoms with Crippen molar-refractivity contribution in [2.45, 2.75) is 13.3 Å². The van der Waals surface area contributed by atoms with Gasteiger partial charge in [0.25, 0.3) is 5.56 Å². The minimum atomic E-state index is -0.0923. The number of fused-ring (bicyclic) bond motifs is 1. The number of hydrogen-bond acceptors (Lipinski definition) is 3. The Bertz CT molecular complexity index is 998. The summed E-state index contributed by atoms with van der Waals surface area (Å²) >= 11 is 5.33. The lowest BCUT2D eigenvalue weighted by Gasteiger charge is -2.12. The molecule has 5 nitrogen and oxygen atoms in total. The highest BCUT2D eigenvalue weighted by Crippen LogP contribution is 2.18. The molecule has 3 rings (SSSR count). The first-order valence-electron chi connectivity index (χ1n) is 8.37. The van der Waals surface area contributed by atoms with Crippen molar-refractivity contribution in [3.05, 3.63) is 70.0 Å². The number of para-hydroxylation sites is 1. The van der Waals surface area contributed by atoms with Crippen LogP contribution in [0.25, 0.3) is 10.9 Å². The van der Waals surface area contributed by atoms with Crippen LogP contribution in [0.2, 0.25) is 0 Å². The van der Waals surface area contributed by atoms with Gasteiger partial charge >= 0.3 is 0 Å². The zero-order valence-electron chi connectivity index (χ0n) is 14.8. The van der Waals surface area contributed by atoms with E-state index < -0.39 is 0 Å². The first-order chi connectivity index (χ1) is 12.6. The molecule has 0 bridgehead atoms. The van der Waals surface area contributed by atoms with Crippen molar-refractivity contribution in [2.24, 2.45) is 0 Å². The van der Waals surface area contributed by atoms with E-state index in [9.17, 15) is 4.79 Å². The van der Waals surface area contributed by atoms with E-state index in [1.54, 1.807) is 7.11 Å². The van der Waals surface area contributed by atoms with Gasteiger partial charge in [0.05, 0.1) is 12.6 Å². The van der Waals surface area contributed by atoms with Gasteiger partial charge in [-0.2, -0.15) is 0 Å². The average molecular weight is 367 g/mol. The molecule has 3 aromatic rings. The van der Waals surface area contributed by atoms with E-state index >= 15 is 0 Å². The second-order valence-corrected chi connectivity index (χ2v) is 6.43. The maximum absolute atomic E-state index is 12.3. The van der Waals surface area contributed by atoms with E-state index in [0.717, 1.165) is 27.9 Å². The molecule has 3 N–H and O–H groups in total. The lowest BCUT2D eigenvalue weighted by Crippen LogP contribution is -2.31. The molecule has 0 fully saturated rings. The number of H-pyrrole nitrogens is 1. The fourth-order valence-electron chi connectivity index (χ4n) is 2.73. The third kappa shape index (κ3) is 4.21. The van der Waals surface area contributed by atoms with Crippen LogP contribution in [-0.4, -0.2) is 23.8 Å². The Labute approximate surface area is 157 Å². The number of rotatable bonds is 5. The lowest BCUT2D eigenvalue weighted by molar-refractivity contribution is 0.415. The summed E-state index contributed by atoms with van der Waals surface area (Å²) in [6, 6.07) is 15.5. The van der Waals surface area contributed by atoms with E-state index in [-0.39, 0.29) is 5.56 Å². The summed E-state index contributed by atoms with van der Waals surface area (Å²) in [6.07, 6.45) is 0.576. The molecule has 0 saturated carbocycles. The molecule has 134 valence electrons. The van der Waals surface area contributed by atoms with Crippen LogP contribution in [0, 0.1) is 6.92 Å². The summed E-state index contributed by atoms with van der Waals surface area (Å²) in [5.41, 5.74) is 3.49. The molecule has 0 aliphatic rings. The minimum absolute atomic E-state index is 0.0923. The van der Waals surface area contributed by atoms with Gasteiger partial charge in [-0.15, -0.1) is 0 Å². The largest absolute Gasteiger partial charge is 0.497 e. The number of thiocarbonyl (C=S) groups is 1. The molecule has 0 aliphatic carbocycles. The van der Waals surface area contributed by atoms with E-state index in [4.69, 9.17) is 17.0 Å². The zero-order valence-corrected chi connectivity index (χ0v) is 15.6. The molecular weight excluding hydrogens is 346 g/mol. The molecule has 2 aromatic carbocycles. The molecule has 1 aromatic heterocycles. The van der Waals surface area contributed by atoms with Crippen molar-refractivity contribution in [2.75, 3.05) is 19.0 Å². The Balaban J connectivity index is 1.62. The average Bonchev–Trinajstić information content (AvgIpc) is 2.63. The van der Waals surface area contributed by atoms with Crippen molar-refractivity contribution in [1.82, 2.24) is 10.3 Å². The highest BCUT2D eigenvalue weighted by molar-refractivity contribution is 7.80. The van der Waals surface area contributed by atoms with Crippen LogP contribution >= 0.6 is 12.2 Å². The van der Waals surface area contributed by atoms with E-state index in [1.807, 2.05) is 55.5 Å². The number of nitrogens with one attached hydrogen (secondary N) is 3. The summed E-state index contributed by atoms with van der Waals surface area (Å²) in [5, 5.41) is 7.84. The van der Waals surface area contributed by atoms with Crippen LogP contribution < -0.4 is 20.9 Å². The smallest absolute Gasteiger partial charge is 0.251 e. The van der Waals surface area contributed by atoms with Crippen LogP contribution in [0.4, 0.5) is 5.69 Å². The van der Waals surface area contributed by atoms with Crippen molar-refractivity contribution in [3.63, 3.8) is 0 Å². The van der Waals surface area contributed by atoms with E-state index in [2.05, 4.69) is 15.6 Å². The monoisotopic (exact) mass is 367 g/mol. The molecule has 6 heteroatoms. The molecule has 0 spiro atoms. The summed E-state index contributed by atoms with van der Waals surface area (Å²) in [5.74, 6) is 0.718. The van der Waals surface area contributed by atoms with E-state index in [1.165, 1.54) is 0 Å². The number of methoxy groups -OCH3 is 1. The number of pyridine rings is 1. The standard InChI is InChI=1S/C20H21N3O2S/c1-13-5-3-4-6-17(13)23-20(26)21-10-9-15-11-14-7-8-16(25-2)12-18(14)22-19(15)24/h3-8,11-12H,9-10H2,1-2H3,(H,22,24)(H2,21,23,26). The zero-order chi connectivity index (χ0) is 18.5. The quantitative estimate of drug-likeness (QED) is 0.604. The van der Waals surface area contributed by atoms with Crippen LogP contribution in [0.3, 0.4) is 0 Å². The highest BCUT2D eigenvalue weighted by atomic mass is 32.1. The lowest BCUT2D eigenvalue weighted by atomic mass is 10.1. The molecule has 0 amide bonds. The van der Waals surface area contributed by atoms with Gasteiger partial charge in [-0.1, -0.05) is 18.2 Å². The predicted octanol–water partition coefficient (Wildman–Crippen LogP) is 3.37. The fraction of sp³-hybridized carbons (Fsp3) is 0.200. The van der Waals surface area contributed by atoms with Gasteiger partial charge < -0.3 is 20.4 Å². The summed E-state index contributed by atoms with van der Waals surface area (Å²) in [7, 11) is 1.60. The van der Waals surface area contributed by atoms with Gasteiger partial charge in [-0.05, 0) is 60.8 Å². The maximum Gasteiger partial charge on any atom is 0.251 e. The molecule has 0 unspecified atom stereocenters. The topological polar surface area (TPSA) is 66.2 Å². The molecule has 0 radical (unpaired) electrons. The van der Waals surface area contributed by atoms with Gasteiger partial charge in [-0.3, -0.25) is 4.79 Å². The number of benzene rings is 2. The normalized spacial score (nSPS) is 10.5. The Morgan fingerprint density at radius 1 is 1.19 bits per heavy atom. The molecule has 0 saturated heterocycles. The van der Waals surface area contributed by atoms with E-state index in [0.29, 0.717) is 23.6 Å². The number of aromatic amines is 1. The summed E-state index contributed by atoms with van der Waals surface area (Å²) in [4.78, 5) is 15.2. The molecule has 26 heavy (non-hydrogen) atoms. The van der Waals surface area contributed by atoms with Gasteiger partial charge in [0.15, 0.2) is 5.11 Å². The van der Waals surface area contributed by atoms with Gasteiger partial charge in [0, 0.05) is 23.9 Å². The fourth-order valence-corrected chi connectivity index (χ4v) is 2.94. The number of aromatic nitrogens is 1. The molecule has 0 atom stereocenters. The van der Waals surface area contributed by atoms with Gasteiger partial charge in [0.2, 0.25) is 0 Å². The molecular formula is C20H21N3O2S. The molecule has 1 heterocycles. The Morgan fingerprint density at radius 2 is 2.00 bits per heavy atom. The first kappa shape index (κ1) is 17.9. The highest BCUT2D eigenvalue weighted by Gasteiger charge is 2.05. The third-order valence-corrected chi connectivity index (χ3v) is 4.45. The summed E-state index contributed by atoms with van der Waals surface area (Å²) < 4.78 is 5.19. The number of anilines is 1. The Kier molecular flexibility index (Phi) is 5.53. The number of aryl methyl sites for hydroxylation is 1. The SMILES string of the molecule is COc1ccc2cc(CCNC(=S)Nc3ccccc3C)c(=O)[nH]c2c1. The second-order valence-electron chi connectivity index (χ2n) is 6.02. The Hall–Kier alpha value is -2.86. The first-order valence-corrected chi connectivity index (χ1v) is 8.78. The van der Waals surface area contributed by atoms with Gasteiger partial charge in [0.1, 0.15) is 5.75 Å². The van der Waals surface area contributed by atoms with Crippen LogP contribution in [-0.2, 0) is 6.42 Å².